The molecule has 0 bridgehead atoms. The topological polar surface area (TPSA) is 30.5 Å². The number of rotatable bonds is 6. The first-order valence-corrected chi connectivity index (χ1v) is 5.65. The molecule has 1 N–H and O–H groups in total. The van der Waals surface area contributed by atoms with E-state index in [2.05, 4.69) is 25.2 Å². The van der Waals surface area contributed by atoms with Crippen LogP contribution in [0.2, 0.25) is 0 Å². The van der Waals surface area contributed by atoms with Gasteiger partial charge in [0.2, 0.25) is 0 Å². The predicted molar refractivity (Wildman–Crippen MR) is 66.1 cm³/mol. The highest BCUT2D eigenvalue weighted by Crippen LogP contribution is 2.27. The fourth-order valence-corrected chi connectivity index (χ4v) is 1.43. The Labute approximate surface area is 97.8 Å². The molecule has 0 saturated heterocycles. The van der Waals surface area contributed by atoms with Crippen LogP contribution in [0.5, 0.6) is 11.5 Å². The van der Waals surface area contributed by atoms with Crippen molar-refractivity contribution in [2.75, 3.05) is 14.2 Å². The van der Waals surface area contributed by atoms with Gasteiger partial charge in [-0.2, -0.15) is 0 Å². The molecule has 3 heteroatoms. The zero-order valence-electron chi connectivity index (χ0n) is 10.5. The minimum Gasteiger partial charge on any atom is -0.493 e. The summed E-state index contributed by atoms with van der Waals surface area (Å²) in [7, 11) is 3.30. The summed E-state index contributed by atoms with van der Waals surface area (Å²) in [5, 5.41) is 3.44. The largest absolute Gasteiger partial charge is 0.493 e. The second-order valence-electron chi connectivity index (χ2n) is 3.88. The summed E-state index contributed by atoms with van der Waals surface area (Å²) in [6, 6.07) is 6.53. The fraction of sp³-hybridized carbons (Fsp3) is 0.538. The summed E-state index contributed by atoms with van der Waals surface area (Å²) >= 11 is 0. The standard InChI is InChI=1S/C13H21NO2/c1-5-10(2)14-9-11-6-7-12(15-3)13(8-11)16-4/h6-8,10,14H,5,9H2,1-4H3/t10-/m1/s1. The number of methoxy groups -OCH3 is 2. The van der Waals surface area contributed by atoms with Gasteiger partial charge in [0, 0.05) is 12.6 Å². The third-order valence-corrected chi connectivity index (χ3v) is 2.71. The van der Waals surface area contributed by atoms with Gasteiger partial charge < -0.3 is 14.8 Å². The fourth-order valence-electron chi connectivity index (χ4n) is 1.43. The number of hydrogen-bond donors (Lipinski definition) is 1. The molecule has 0 unspecified atom stereocenters. The molecule has 0 spiro atoms. The van der Waals surface area contributed by atoms with Crippen molar-refractivity contribution in [1.82, 2.24) is 5.32 Å². The maximum Gasteiger partial charge on any atom is 0.161 e. The highest BCUT2D eigenvalue weighted by atomic mass is 16.5. The molecule has 1 rings (SSSR count). The normalized spacial score (nSPS) is 12.2. The van der Waals surface area contributed by atoms with Crippen LogP contribution in [0.25, 0.3) is 0 Å². The lowest BCUT2D eigenvalue weighted by atomic mass is 10.2. The number of nitrogens with one attached hydrogen (secondary N) is 1. The van der Waals surface area contributed by atoms with Gasteiger partial charge in [0.1, 0.15) is 0 Å². The number of benzene rings is 1. The van der Waals surface area contributed by atoms with Crippen molar-refractivity contribution >= 4 is 0 Å². The van der Waals surface area contributed by atoms with E-state index in [-0.39, 0.29) is 0 Å². The van der Waals surface area contributed by atoms with Gasteiger partial charge >= 0.3 is 0 Å². The third-order valence-electron chi connectivity index (χ3n) is 2.71. The Hall–Kier alpha value is -1.22. The van der Waals surface area contributed by atoms with E-state index in [0.717, 1.165) is 24.5 Å². The van der Waals surface area contributed by atoms with Crippen LogP contribution in [0.15, 0.2) is 18.2 Å². The van der Waals surface area contributed by atoms with Crippen LogP contribution in [0, 0.1) is 0 Å². The van der Waals surface area contributed by atoms with Crippen molar-refractivity contribution in [2.45, 2.75) is 32.9 Å². The second kappa shape index (κ2) is 6.38. The van der Waals surface area contributed by atoms with E-state index in [0.29, 0.717) is 6.04 Å². The molecule has 90 valence electrons. The Morgan fingerprint density at radius 3 is 2.44 bits per heavy atom. The summed E-state index contributed by atoms with van der Waals surface area (Å²) in [6.07, 6.45) is 1.13. The SMILES string of the molecule is CC[C@@H](C)NCc1ccc(OC)c(OC)c1. The minimum atomic E-state index is 0.535. The van der Waals surface area contributed by atoms with Gasteiger partial charge in [0.25, 0.3) is 0 Å². The van der Waals surface area contributed by atoms with Crippen LogP contribution in [-0.4, -0.2) is 20.3 Å². The Balaban J connectivity index is 2.67. The van der Waals surface area contributed by atoms with Crippen LogP contribution >= 0.6 is 0 Å². The molecule has 0 fully saturated rings. The van der Waals surface area contributed by atoms with Crippen molar-refractivity contribution in [3.05, 3.63) is 23.8 Å². The maximum absolute atomic E-state index is 5.26. The zero-order valence-corrected chi connectivity index (χ0v) is 10.5. The molecule has 1 aromatic carbocycles. The lowest BCUT2D eigenvalue weighted by Gasteiger charge is -2.13. The highest BCUT2D eigenvalue weighted by Gasteiger charge is 2.05. The highest BCUT2D eigenvalue weighted by molar-refractivity contribution is 5.42. The molecule has 0 aliphatic heterocycles. The third kappa shape index (κ3) is 3.42. The van der Waals surface area contributed by atoms with Crippen LogP contribution in [0.4, 0.5) is 0 Å². The molecule has 0 aromatic heterocycles. The summed E-state index contributed by atoms with van der Waals surface area (Å²) in [5.41, 5.74) is 1.21. The predicted octanol–water partition coefficient (Wildman–Crippen LogP) is 2.59. The van der Waals surface area contributed by atoms with E-state index in [4.69, 9.17) is 9.47 Å². The van der Waals surface area contributed by atoms with Gasteiger partial charge in [-0.05, 0) is 31.0 Å². The maximum atomic E-state index is 5.26. The number of hydrogen-bond acceptors (Lipinski definition) is 3. The summed E-state index contributed by atoms with van der Waals surface area (Å²) in [5.74, 6) is 1.56. The smallest absolute Gasteiger partial charge is 0.161 e. The average molecular weight is 223 g/mol. The first-order valence-electron chi connectivity index (χ1n) is 5.65. The molecule has 0 saturated carbocycles. The first-order chi connectivity index (χ1) is 7.71. The van der Waals surface area contributed by atoms with Gasteiger partial charge in [-0.1, -0.05) is 13.0 Å². The Bertz CT molecular complexity index is 326. The molecule has 0 amide bonds. The second-order valence-corrected chi connectivity index (χ2v) is 3.88. The molecule has 0 aliphatic carbocycles. The molecule has 0 radical (unpaired) electrons. The zero-order chi connectivity index (χ0) is 12.0. The Morgan fingerprint density at radius 2 is 1.88 bits per heavy atom. The Morgan fingerprint density at radius 1 is 1.19 bits per heavy atom. The molecule has 16 heavy (non-hydrogen) atoms. The first kappa shape index (κ1) is 12.8. The van der Waals surface area contributed by atoms with Crippen LogP contribution in [0.3, 0.4) is 0 Å². The van der Waals surface area contributed by atoms with Crippen molar-refractivity contribution in [2.24, 2.45) is 0 Å². The molecular formula is C13H21NO2. The van der Waals surface area contributed by atoms with Gasteiger partial charge in [0.05, 0.1) is 14.2 Å². The Kier molecular flexibility index (Phi) is 5.12. The summed E-state index contributed by atoms with van der Waals surface area (Å²) < 4.78 is 10.4. The van der Waals surface area contributed by atoms with E-state index >= 15 is 0 Å². The monoisotopic (exact) mass is 223 g/mol. The van der Waals surface area contributed by atoms with Gasteiger partial charge in [0.15, 0.2) is 11.5 Å². The van der Waals surface area contributed by atoms with Crippen molar-refractivity contribution in [1.29, 1.82) is 0 Å². The van der Waals surface area contributed by atoms with Crippen LogP contribution in [-0.2, 0) is 6.54 Å². The van der Waals surface area contributed by atoms with Crippen molar-refractivity contribution in [3.63, 3.8) is 0 Å². The summed E-state index contributed by atoms with van der Waals surface area (Å²) in [4.78, 5) is 0. The molecule has 1 aromatic rings. The molecule has 0 heterocycles. The van der Waals surface area contributed by atoms with Crippen LogP contribution in [0.1, 0.15) is 25.8 Å². The quantitative estimate of drug-likeness (QED) is 0.804. The molecule has 3 nitrogen and oxygen atoms in total. The molecule has 0 aliphatic rings. The van der Waals surface area contributed by atoms with E-state index in [1.165, 1.54) is 5.56 Å². The number of ether oxygens (including phenoxy) is 2. The van der Waals surface area contributed by atoms with E-state index < -0.39 is 0 Å². The van der Waals surface area contributed by atoms with E-state index in [9.17, 15) is 0 Å². The molecular weight excluding hydrogens is 202 g/mol. The van der Waals surface area contributed by atoms with Gasteiger partial charge in [-0.3, -0.25) is 0 Å². The molecule has 1 atom stereocenters. The minimum absolute atomic E-state index is 0.535. The van der Waals surface area contributed by atoms with Crippen molar-refractivity contribution in [3.8, 4) is 11.5 Å². The lowest BCUT2D eigenvalue weighted by Crippen LogP contribution is -2.24. The average Bonchev–Trinajstić information content (AvgIpc) is 2.35. The lowest BCUT2D eigenvalue weighted by molar-refractivity contribution is 0.354. The van der Waals surface area contributed by atoms with E-state index in [1.807, 2.05) is 12.1 Å². The van der Waals surface area contributed by atoms with Gasteiger partial charge in [-0.15, -0.1) is 0 Å². The van der Waals surface area contributed by atoms with Crippen LogP contribution < -0.4 is 14.8 Å². The van der Waals surface area contributed by atoms with Crippen molar-refractivity contribution < 1.29 is 9.47 Å². The van der Waals surface area contributed by atoms with E-state index in [1.54, 1.807) is 14.2 Å². The van der Waals surface area contributed by atoms with Gasteiger partial charge in [-0.25, -0.2) is 0 Å². The summed E-state index contributed by atoms with van der Waals surface area (Å²) in [6.45, 7) is 5.21.